The second-order valence-electron chi connectivity index (χ2n) is 6.82. The fraction of sp³-hybridized carbons (Fsp3) is 0.0435. The van der Waals surface area contributed by atoms with Crippen LogP contribution in [0.5, 0.6) is 0 Å². The van der Waals surface area contributed by atoms with Crippen LogP contribution >= 0.6 is 46.3 Å². The van der Waals surface area contributed by atoms with Gasteiger partial charge in [-0.2, -0.15) is 0 Å². The molecule has 166 valence electrons. The number of aromatic nitrogens is 1. The molecule has 2 aromatic carbocycles. The van der Waals surface area contributed by atoms with Crippen LogP contribution in [0.3, 0.4) is 0 Å². The maximum Gasteiger partial charge on any atom is 0.294 e. The Kier molecular flexibility index (Phi) is 7.29. The van der Waals surface area contributed by atoms with E-state index in [4.69, 9.17) is 23.2 Å². The third-order valence-electron chi connectivity index (χ3n) is 4.62. The Morgan fingerprint density at radius 2 is 1.67 bits per heavy atom. The van der Waals surface area contributed by atoms with Crippen LogP contribution in [0, 0.1) is 10.1 Å². The summed E-state index contributed by atoms with van der Waals surface area (Å²) in [6.45, 7) is 0.296. The molecule has 0 spiro atoms. The first-order valence-electron chi connectivity index (χ1n) is 9.60. The van der Waals surface area contributed by atoms with Crippen molar-refractivity contribution in [3.63, 3.8) is 0 Å². The molecule has 33 heavy (non-hydrogen) atoms. The third kappa shape index (κ3) is 5.54. The van der Waals surface area contributed by atoms with Crippen molar-refractivity contribution in [1.29, 1.82) is 0 Å². The highest BCUT2D eigenvalue weighted by atomic mass is 35.5. The molecule has 10 heteroatoms. The fourth-order valence-corrected chi connectivity index (χ4v) is 5.76. The van der Waals surface area contributed by atoms with E-state index < -0.39 is 10.8 Å². The highest BCUT2D eigenvalue weighted by Crippen LogP contribution is 2.45. The van der Waals surface area contributed by atoms with Crippen molar-refractivity contribution in [2.24, 2.45) is 0 Å². The minimum Gasteiger partial charge on any atom is -0.347 e. The monoisotopic (exact) mass is 515 g/mol. The summed E-state index contributed by atoms with van der Waals surface area (Å²) in [6, 6.07) is 19.1. The van der Waals surface area contributed by atoms with Gasteiger partial charge >= 0.3 is 0 Å². The molecule has 0 unspecified atom stereocenters. The smallest absolute Gasteiger partial charge is 0.294 e. The standard InChI is InChI=1S/C23H15Cl2N3O3S2/c24-17-12-26-13-18(25)21(17)33-23-19(28(30)31)10-20(32-23)22(29)27-11-14-6-8-16(9-7-14)15-4-2-1-3-5-15/h1-10,12-13H,11H2,(H,27,29). The van der Waals surface area contributed by atoms with Gasteiger partial charge in [0.05, 0.1) is 19.9 Å². The first-order valence-corrected chi connectivity index (χ1v) is 12.0. The molecule has 1 amide bonds. The Labute approximate surface area is 207 Å². The number of benzene rings is 2. The number of thiophene rings is 1. The number of halogens is 2. The zero-order chi connectivity index (χ0) is 23.4. The lowest BCUT2D eigenvalue weighted by atomic mass is 10.0. The maximum atomic E-state index is 12.7. The molecule has 1 N–H and O–H groups in total. The van der Waals surface area contributed by atoms with Crippen molar-refractivity contribution < 1.29 is 9.72 Å². The predicted molar refractivity (Wildman–Crippen MR) is 132 cm³/mol. The van der Waals surface area contributed by atoms with E-state index in [0.717, 1.165) is 39.8 Å². The molecule has 2 heterocycles. The number of carbonyl (C=O) groups excluding carboxylic acids is 1. The molecule has 0 aliphatic carbocycles. The second kappa shape index (κ2) is 10.4. The van der Waals surface area contributed by atoms with Crippen LogP contribution in [-0.4, -0.2) is 15.8 Å². The molecular weight excluding hydrogens is 501 g/mol. The molecule has 0 radical (unpaired) electrons. The van der Waals surface area contributed by atoms with Gasteiger partial charge in [0.2, 0.25) is 0 Å². The molecule has 0 aliphatic rings. The zero-order valence-electron chi connectivity index (χ0n) is 16.8. The summed E-state index contributed by atoms with van der Waals surface area (Å²) in [4.78, 5) is 28.3. The minimum absolute atomic E-state index is 0.175. The average molecular weight is 516 g/mol. The molecular formula is C23H15Cl2N3O3S2. The van der Waals surface area contributed by atoms with E-state index in [1.54, 1.807) is 0 Å². The SMILES string of the molecule is O=C(NCc1ccc(-c2ccccc2)cc1)c1cc([N+](=O)[O-])c(Sc2c(Cl)cncc2Cl)s1. The van der Waals surface area contributed by atoms with Gasteiger partial charge in [-0.05, 0) is 16.7 Å². The Morgan fingerprint density at radius 1 is 1.03 bits per heavy atom. The Hall–Kier alpha value is -2.91. The number of rotatable bonds is 7. The van der Waals surface area contributed by atoms with Crippen LogP contribution in [0.2, 0.25) is 10.0 Å². The number of hydrogen-bond donors (Lipinski definition) is 1. The second-order valence-corrected chi connectivity index (χ2v) is 9.97. The van der Waals surface area contributed by atoms with Crippen molar-refractivity contribution >= 4 is 57.9 Å². The largest absolute Gasteiger partial charge is 0.347 e. The topological polar surface area (TPSA) is 85.1 Å². The number of carbonyl (C=O) groups is 1. The number of hydrogen-bond acceptors (Lipinski definition) is 6. The van der Waals surface area contributed by atoms with Crippen LogP contribution in [0.25, 0.3) is 11.1 Å². The lowest BCUT2D eigenvalue weighted by Gasteiger charge is -2.06. The molecule has 0 bridgehead atoms. The highest BCUT2D eigenvalue weighted by molar-refractivity contribution is 8.01. The van der Waals surface area contributed by atoms with Gasteiger partial charge in [0.1, 0.15) is 9.09 Å². The molecule has 0 saturated heterocycles. The molecule has 4 aromatic rings. The van der Waals surface area contributed by atoms with E-state index >= 15 is 0 Å². The number of nitrogens with zero attached hydrogens (tertiary/aromatic N) is 2. The molecule has 0 fully saturated rings. The van der Waals surface area contributed by atoms with Gasteiger partial charge in [0.25, 0.3) is 11.6 Å². The summed E-state index contributed by atoms with van der Waals surface area (Å²) in [5.41, 5.74) is 2.93. The van der Waals surface area contributed by atoms with Gasteiger partial charge in [-0.25, -0.2) is 0 Å². The van der Waals surface area contributed by atoms with E-state index in [-0.39, 0.29) is 20.6 Å². The van der Waals surface area contributed by atoms with Crippen LogP contribution in [0.4, 0.5) is 5.69 Å². The minimum atomic E-state index is -0.527. The number of amides is 1. The van der Waals surface area contributed by atoms with Gasteiger partial charge in [-0.3, -0.25) is 19.9 Å². The normalized spacial score (nSPS) is 10.7. The van der Waals surface area contributed by atoms with Crippen LogP contribution < -0.4 is 5.32 Å². The summed E-state index contributed by atoms with van der Waals surface area (Å²) in [6.07, 6.45) is 2.82. The summed E-state index contributed by atoms with van der Waals surface area (Å²) in [5, 5.41) is 14.9. The van der Waals surface area contributed by atoms with Gasteiger partial charge < -0.3 is 5.32 Å². The zero-order valence-corrected chi connectivity index (χ0v) is 20.0. The Morgan fingerprint density at radius 3 is 2.30 bits per heavy atom. The number of nitrogens with one attached hydrogen (secondary N) is 1. The van der Waals surface area contributed by atoms with E-state index in [1.807, 2.05) is 54.6 Å². The quantitative estimate of drug-likeness (QED) is 0.209. The summed E-state index contributed by atoms with van der Waals surface area (Å²) in [5.74, 6) is -0.394. The van der Waals surface area contributed by atoms with Gasteiger partial charge in [0, 0.05) is 25.0 Å². The Bertz CT molecular complexity index is 1290. The van der Waals surface area contributed by atoms with Crippen LogP contribution in [0.1, 0.15) is 15.2 Å². The van der Waals surface area contributed by atoms with E-state index in [9.17, 15) is 14.9 Å². The van der Waals surface area contributed by atoms with E-state index in [1.165, 1.54) is 18.5 Å². The molecule has 0 atom stereocenters. The number of pyridine rings is 1. The van der Waals surface area contributed by atoms with E-state index in [0.29, 0.717) is 15.6 Å². The first kappa shape index (κ1) is 23.3. The summed E-state index contributed by atoms with van der Waals surface area (Å²) >= 11 is 14.3. The highest BCUT2D eigenvalue weighted by Gasteiger charge is 2.24. The summed E-state index contributed by atoms with van der Waals surface area (Å²) in [7, 11) is 0. The first-order chi connectivity index (χ1) is 15.9. The number of nitro groups is 1. The third-order valence-corrected chi connectivity index (χ3v) is 7.87. The summed E-state index contributed by atoms with van der Waals surface area (Å²) < 4.78 is 0.312. The molecule has 0 aliphatic heterocycles. The molecule has 0 saturated carbocycles. The average Bonchev–Trinajstić information content (AvgIpc) is 3.25. The van der Waals surface area contributed by atoms with Crippen molar-refractivity contribution in [3.8, 4) is 11.1 Å². The molecule has 4 rings (SSSR count). The van der Waals surface area contributed by atoms with E-state index in [2.05, 4.69) is 10.3 Å². The molecule has 2 aromatic heterocycles. The van der Waals surface area contributed by atoms with Crippen molar-refractivity contribution in [2.45, 2.75) is 15.6 Å². The lowest BCUT2D eigenvalue weighted by molar-refractivity contribution is -0.387. The van der Waals surface area contributed by atoms with Crippen molar-refractivity contribution in [1.82, 2.24) is 10.3 Å². The van der Waals surface area contributed by atoms with Crippen LogP contribution in [0.15, 0.2) is 82.2 Å². The molecule has 6 nitrogen and oxygen atoms in total. The fourth-order valence-electron chi connectivity index (χ4n) is 2.98. The van der Waals surface area contributed by atoms with Gasteiger partial charge in [-0.1, -0.05) is 89.6 Å². The Balaban J connectivity index is 1.47. The van der Waals surface area contributed by atoms with Gasteiger partial charge in [-0.15, -0.1) is 11.3 Å². The maximum absolute atomic E-state index is 12.7. The van der Waals surface area contributed by atoms with Crippen molar-refractivity contribution in [2.75, 3.05) is 0 Å². The lowest BCUT2D eigenvalue weighted by Crippen LogP contribution is -2.21. The van der Waals surface area contributed by atoms with Crippen LogP contribution in [-0.2, 0) is 6.54 Å². The van der Waals surface area contributed by atoms with Crippen molar-refractivity contribution in [3.05, 3.63) is 104 Å². The van der Waals surface area contributed by atoms with Gasteiger partial charge in [0.15, 0.2) is 0 Å². The predicted octanol–water partition coefficient (Wildman–Crippen LogP) is 7.11.